The number of hydrogen-bond donors (Lipinski definition) is 1. The molecule has 2 saturated heterocycles. The zero-order chi connectivity index (χ0) is 39.4. The van der Waals surface area contributed by atoms with Crippen molar-refractivity contribution in [1.82, 2.24) is 24.4 Å². The topological polar surface area (TPSA) is 167 Å². The number of urea groups is 1. The van der Waals surface area contributed by atoms with Crippen molar-refractivity contribution in [1.29, 1.82) is 0 Å². The number of terminal acetylenes is 1. The Hall–Kier alpha value is -4.78. The van der Waals surface area contributed by atoms with E-state index in [1.165, 1.54) is 20.2 Å². The summed E-state index contributed by atoms with van der Waals surface area (Å²) in [6, 6.07) is 7.03. The first-order valence-electron chi connectivity index (χ1n) is 18.1. The van der Waals surface area contributed by atoms with E-state index >= 15 is 0 Å². The molecule has 0 spiro atoms. The van der Waals surface area contributed by atoms with Gasteiger partial charge in [0.25, 0.3) is 0 Å². The van der Waals surface area contributed by atoms with Crippen LogP contribution in [0.1, 0.15) is 73.1 Å². The molecule has 2 fully saturated rings. The standard InChI is InChI=1S/C38H48ClN7O8/c1-9-17-44-18-12-19-45(36(44)50)27-15-13-26(14-16-27)20-38(24(6)47,34(49)51-11-3)52-21-28-37(8,10-2)30(53-25(7)48)33(54-28)46-22-40-29-31(41-23(4)5)42-35(39)43-32(29)46/h2,13-16,22-23,28,30,33H,9,11-12,17-21H2,1,3-8H3,(H,41,42,43)/t28-,30+,33-,37+,38?/m1/s1. The number of imidazole rings is 1. The van der Waals surface area contributed by atoms with Crippen molar-refractivity contribution >= 4 is 58.0 Å². The summed E-state index contributed by atoms with van der Waals surface area (Å²) >= 11 is 6.32. The van der Waals surface area contributed by atoms with Gasteiger partial charge in [0.2, 0.25) is 10.9 Å². The molecular formula is C38H48ClN7O8. The van der Waals surface area contributed by atoms with Crippen LogP contribution >= 0.6 is 11.6 Å². The summed E-state index contributed by atoms with van der Waals surface area (Å²) in [5.74, 6) is 1.03. The van der Waals surface area contributed by atoms with E-state index < -0.39 is 47.2 Å². The van der Waals surface area contributed by atoms with Gasteiger partial charge < -0.3 is 29.2 Å². The highest BCUT2D eigenvalue weighted by atomic mass is 35.5. The molecule has 2 aliphatic rings. The number of anilines is 2. The lowest BCUT2D eigenvalue weighted by atomic mass is 9.81. The van der Waals surface area contributed by atoms with E-state index in [1.54, 1.807) is 47.6 Å². The second-order valence-electron chi connectivity index (χ2n) is 14.0. The minimum Gasteiger partial charge on any atom is -0.463 e. The summed E-state index contributed by atoms with van der Waals surface area (Å²) in [6.45, 7) is 13.3. The molecule has 0 bridgehead atoms. The van der Waals surface area contributed by atoms with Crippen molar-refractivity contribution in [2.75, 3.05) is 43.1 Å². The smallest absolute Gasteiger partial charge is 0.346 e. The third kappa shape index (κ3) is 8.01. The van der Waals surface area contributed by atoms with E-state index in [1.807, 2.05) is 25.7 Å². The molecule has 5 rings (SSSR count). The van der Waals surface area contributed by atoms with E-state index in [0.29, 0.717) is 47.9 Å². The van der Waals surface area contributed by atoms with Gasteiger partial charge >= 0.3 is 18.0 Å². The molecule has 54 heavy (non-hydrogen) atoms. The van der Waals surface area contributed by atoms with Gasteiger partial charge in [-0.25, -0.2) is 14.6 Å². The molecule has 2 aliphatic heterocycles. The summed E-state index contributed by atoms with van der Waals surface area (Å²) < 4.78 is 25.7. The highest BCUT2D eigenvalue weighted by Gasteiger charge is 2.58. The molecule has 2 aromatic heterocycles. The fraction of sp³-hybridized carbons (Fsp3) is 0.553. The summed E-state index contributed by atoms with van der Waals surface area (Å²) in [7, 11) is 0. The third-order valence-electron chi connectivity index (χ3n) is 9.68. The number of ether oxygens (including phenoxy) is 4. The SMILES string of the molecule is C#C[C@@]1(C)[C@@H](COC(Cc2ccc(N3CCCN(CCC)C3=O)cc2)(C(C)=O)C(=O)OCC)O[C@@H](n2cnc3c(NC(C)C)nc(Cl)nc32)[C@@H]1OC(C)=O. The second-order valence-corrected chi connectivity index (χ2v) is 14.3. The first-order valence-corrected chi connectivity index (χ1v) is 18.5. The summed E-state index contributed by atoms with van der Waals surface area (Å²) in [6.07, 6.45) is 5.95. The molecule has 2 amide bonds. The van der Waals surface area contributed by atoms with Crippen LogP contribution in [0.4, 0.5) is 16.3 Å². The molecule has 0 radical (unpaired) electrons. The van der Waals surface area contributed by atoms with E-state index in [2.05, 4.69) is 26.2 Å². The Balaban J connectivity index is 1.46. The van der Waals surface area contributed by atoms with Crippen LogP contribution < -0.4 is 10.2 Å². The van der Waals surface area contributed by atoms with Crippen LogP contribution in [0.2, 0.25) is 5.28 Å². The number of esters is 2. The molecule has 16 heteroatoms. The van der Waals surface area contributed by atoms with Crippen LogP contribution in [0.15, 0.2) is 30.6 Å². The number of aromatic nitrogens is 4. The average molecular weight is 766 g/mol. The number of carbonyl (C=O) groups excluding carboxylic acids is 4. The molecule has 1 unspecified atom stereocenters. The van der Waals surface area contributed by atoms with Gasteiger partial charge in [0, 0.05) is 44.7 Å². The molecular weight excluding hydrogens is 718 g/mol. The van der Waals surface area contributed by atoms with Crippen molar-refractivity contribution in [3.63, 3.8) is 0 Å². The number of nitrogens with one attached hydrogen (secondary N) is 1. The Bertz CT molecular complexity index is 1910. The largest absolute Gasteiger partial charge is 0.463 e. The number of ketones is 1. The highest BCUT2D eigenvalue weighted by Crippen LogP contribution is 2.47. The van der Waals surface area contributed by atoms with Crippen molar-refractivity contribution in [2.24, 2.45) is 5.41 Å². The Morgan fingerprint density at radius 1 is 1.17 bits per heavy atom. The average Bonchev–Trinajstić information content (AvgIpc) is 3.65. The third-order valence-corrected chi connectivity index (χ3v) is 9.85. The van der Waals surface area contributed by atoms with Crippen LogP contribution in [0.25, 0.3) is 11.2 Å². The minimum atomic E-state index is -2.09. The highest BCUT2D eigenvalue weighted by molar-refractivity contribution is 6.28. The molecule has 15 nitrogen and oxygen atoms in total. The second kappa shape index (κ2) is 16.7. The number of hydrogen-bond acceptors (Lipinski definition) is 12. The Kier molecular flexibility index (Phi) is 12.5. The van der Waals surface area contributed by atoms with Crippen LogP contribution in [0, 0.1) is 17.8 Å². The predicted molar refractivity (Wildman–Crippen MR) is 201 cm³/mol. The minimum absolute atomic E-state index is 0.00126. The molecule has 1 N–H and O–H groups in total. The van der Waals surface area contributed by atoms with Gasteiger partial charge in [-0.2, -0.15) is 9.97 Å². The van der Waals surface area contributed by atoms with Gasteiger partial charge in [0.1, 0.15) is 6.10 Å². The van der Waals surface area contributed by atoms with E-state index in [-0.39, 0.29) is 37.0 Å². The summed E-state index contributed by atoms with van der Waals surface area (Å²) in [5, 5.41) is 3.15. The monoisotopic (exact) mass is 765 g/mol. The maximum atomic E-state index is 13.7. The normalized spacial score (nSPS) is 22.6. The molecule has 5 atom stereocenters. The van der Waals surface area contributed by atoms with Crippen LogP contribution in [-0.2, 0) is 39.8 Å². The maximum absolute atomic E-state index is 13.7. The quantitative estimate of drug-likeness (QED) is 0.0958. The zero-order valence-corrected chi connectivity index (χ0v) is 32.5. The van der Waals surface area contributed by atoms with E-state index in [9.17, 15) is 19.2 Å². The molecule has 1 aromatic carbocycles. The van der Waals surface area contributed by atoms with Crippen molar-refractivity contribution in [2.45, 2.75) is 97.8 Å². The number of halogens is 1. The van der Waals surface area contributed by atoms with Gasteiger partial charge in [-0.05, 0) is 76.8 Å². The predicted octanol–water partition coefficient (Wildman–Crippen LogP) is 4.96. The number of Topliss-reactive ketones (excluding diaryl/α,β-unsaturated/α-hetero) is 1. The van der Waals surface area contributed by atoms with Gasteiger partial charge in [-0.15, -0.1) is 6.42 Å². The summed E-state index contributed by atoms with van der Waals surface area (Å²) in [5.41, 5.74) is -1.46. The Morgan fingerprint density at radius 2 is 1.89 bits per heavy atom. The number of rotatable bonds is 15. The fourth-order valence-electron chi connectivity index (χ4n) is 6.87. The number of carbonyl (C=O) groups is 4. The van der Waals surface area contributed by atoms with Crippen LogP contribution in [-0.4, -0.2) is 105 Å². The fourth-order valence-corrected chi connectivity index (χ4v) is 7.03. The lowest BCUT2D eigenvalue weighted by Gasteiger charge is -2.35. The van der Waals surface area contributed by atoms with E-state index in [4.69, 9.17) is 37.0 Å². The molecule has 3 aromatic rings. The van der Waals surface area contributed by atoms with Crippen LogP contribution in [0.5, 0.6) is 0 Å². The molecule has 0 saturated carbocycles. The first kappa shape index (κ1) is 40.4. The summed E-state index contributed by atoms with van der Waals surface area (Å²) in [4.78, 5) is 69.6. The van der Waals surface area contributed by atoms with Gasteiger partial charge in [0.15, 0.2) is 35.1 Å². The number of amides is 2. The van der Waals surface area contributed by atoms with Crippen molar-refractivity contribution < 1.29 is 38.1 Å². The lowest BCUT2D eigenvalue weighted by molar-refractivity contribution is -0.182. The number of fused-ring (bicyclic) bond motifs is 1. The number of nitrogens with zero attached hydrogens (tertiary/aromatic N) is 6. The molecule has 0 aliphatic carbocycles. The van der Waals surface area contributed by atoms with Gasteiger partial charge in [-0.3, -0.25) is 19.1 Å². The van der Waals surface area contributed by atoms with Gasteiger partial charge in [-0.1, -0.05) is 25.0 Å². The maximum Gasteiger partial charge on any atom is 0.346 e. The van der Waals surface area contributed by atoms with Crippen molar-refractivity contribution in [3.05, 3.63) is 41.4 Å². The first-order chi connectivity index (χ1) is 25.7. The Morgan fingerprint density at radius 3 is 2.50 bits per heavy atom. The molecule has 4 heterocycles. The van der Waals surface area contributed by atoms with E-state index in [0.717, 1.165) is 12.8 Å². The van der Waals surface area contributed by atoms with Gasteiger partial charge in [0.05, 0.1) is 25.0 Å². The lowest BCUT2D eigenvalue weighted by Crippen LogP contribution is -2.53. The molecule has 290 valence electrons. The Labute approximate surface area is 320 Å². The van der Waals surface area contributed by atoms with Crippen LogP contribution in [0.3, 0.4) is 0 Å². The van der Waals surface area contributed by atoms with Crippen molar-refractivity contribution in [3.8, 4) is 12.3 Å². The zero-order valence-electron chi connectivity index (χ0n) is 31.8. The number of benzene rings is 1.